The smallest absolute Gasteiger partial charge is 0.324 e. The molecule has 1 saturated heterocycles. The fraction of sp³-hybridized carbons (Fsp3) is 0.333. The molecule has 0 aliphatic carbocycles. The Kier molecular flexibility index (Phi) is 3.29. The van der Waals surface area contributed by atoms with Crippen LogP contribution in [-0.2, 0) is 0 Å². The second-order valence-corrected chi connectivity index (χ2v) is 5.39. The van der Waals surface area contributed by atoms with E-state index in [4.69, 9.17) is 10.3 Å². The van der Waals surface area contributed by atoms with Crippen LogP contribution in [0, 0.1) is 0 Å². The van der Waals surface area contributed by atoms with E-state index < -0.39 is 0 Å². The molecule has 3 rings (SSSR count). The van der Waals surface area contributed by atoms with Crippen LogP contribution in [0.15, 0.2) is 34.9 Å². The molecule has 110 valence electrons. The SMILES string of the molecule is CC(C)N1CCN(c2cccc(-c3cc(N)on3)c2)C1=O. The standard InChI is InChI=1S/C15H18N4O2/c1-10(2)18-6-7-19(15(18)20)12-5-3-4-11(8-12)13-9-14(16)21-17-13/h3-5,8-10H,6-7,16H2,1-2H3. The predicted octanol–water partition coefficient (Wildman–Crippen LogP) is 2.57. The zero-order valence-corrected chi connectivity index (χ0v) is 12.1. The van der Waals surface area contributed by atoms with Crippen LogP contribution in [0.4, 0.5) is 16.4 Å². The molecule has 1 aliphatic heterocycles. The van der Waals surface area contributed by atoms with Crippen molar-refractivity contribution in [2.45, 2.75) is 19.9 Å². The first-order valence-corrected chi connectivity index (χ1v) is 6.97. The fourth-order valence-electron chi connectivity index (χ4n) is 2.53. The Hall–Kier alpha value is -2.50. The Morgan fingerprint density at radius 1 is 1.29 bits per heavy atom. The summed E-state index contributed by atoms with van der Waals surface area (Å²) in [6.45, 7) is 5.49. The average molecular weight is 286 g/mol. The summed E-state index contributed by atoms with van der Waals surface area (Å²) in [6, 6.07) is 9.60. The monoisotopic (exact) mass is 286 g/mol. The average Bonchev–Trinajstić information content (AvgIpc) is 3.05. The molecule has 0 unspecified atom stereocenters. The molecule has 1 aliphatic rings. The lowest BCUT2D eigenvalue weighted by molar-refractivity contribution is 0.209. The van der Waals surface area contributed by atoms with Crippen LogP contribution < -0.4 is 10.6 Å². The number of benzene rings is 1. The molecule has 0 bridgehead atoms. The third kappa shape index (κ3) is 2.44. The van der Waals surface area contributed by atoms with Gasteiger partial charge in [0, 0.05) is 36.4 Å². The van der Waals surface area contributed by atoms with Crippen molar-refractivity contribution < 1.29 is 9.32 Å². The summed E-state index contributed by atoms with van der Waals surface area (Å²) in [5.41, 5.74) is 7.96. The van der Waals surface area contributed by atoms with Crippen LogP contribution in [0.2, 0.25) is 0 Å². The molecule has 6 nitrogen and oxygen atoms in total. The lowest BCUT2D eigenvalue weighted by Crippen LogP contribution is -2.36. The van der Waals surface area contributed by atoms with Crippen LogP contribution in [0.5, 0.6) is 0 Å². The first kappa shape index (κ1) is 13.5. The number of urea groups is 1. The topological polar surface area (TPSA) is 75.6 Å². The van der Waals surface area contributed by atoms with Crippen LogP contribution >= 0.6 is 0 Å². The van der Waals surface area contributed by atoms with E-state index in [-0.39, 0.29) is 18.0 Å². The van der Waals surface area contributed by atoms with E-state index in [0.29, 0.717) is 12.2 Å². The summed E-state index contributed by atoms with van der Waals surface area (Å²) in [4.78, 5) is 16.0. The van der Waals surface area contributed by atoms with E-state index in [2.05, 4.69) is 5.16 Å². The molecule has 2 heterocycles. The quantitative estimate of drug-likeness (QED) is 0.941. The summed E-state index contributed by atoms with van der Waals surface area (Å²) in [5, 5.41) is 3.90. The van der Waals surface area contributed by atoms with Gasteiger partial charge in [0.25, 0.3) is 0 Å². The Balaban J connectivity index is 1.89. The van der Waals surface area contributed by atoms with Gasteiger partial charge in [0.05, 0.1) is 0 Å². The predicted molar refractivity (Wildman–Crippen MR) is 80.9 cm³/mol. The minimum atomic E-state index is 0.0433. The van der Waals surface area contributed by atoms with Crippen LogP contribution in [-0.4, -0.2) is 35.2 Å². The molecule has 2 amide bonds. The molecule has 21 heavy (non-hydrogen) atoms. The number of anilines is 2. The highest BCUT2D eigenvalue weighted by Gasteiger charge is 2.31. The van der Waals surface area contributed by atoms with E-state index in [9.17, 15) is 4.79 Å². The molecular formula is C15H18N4O2. The van der Waals surface area contributed by atoms with Gasteiger partial charge >= 0.3 is 6.03 Å². The van der Waals surface area contributed by atoms with Crippen LogP contribution in [0.25, 0.3) is 11.3 Å². The Bertz CT molecular complexity index is 665. The van der Waals surface area contributed by atoms with Crippen molar-refractivity contribution in [3.05, 3.63) is 30.3 Å². The second-order valence-electron chi connectivity index (χ2n) is 5.39. The van der Waals surface area contributed by atoms with Gasteiger partial charge in [0.1, 0.15) is 5.69 Å². The normalized spacial score (nSPS) is 15.3. The van der Waals surface area contributed by atoms with Crippen molar-refractivity contribution in [1.82, 2.24) is 10.1 Å². The molecule has 0 spiro atoms. The van der Waals surface area contributed by atoms with E-state index >= 15 is 0 Å². The molecule has 2 aromatic rings. The van der Waals surface area contributed by atoms with Crippen LogP contribution in [0.3, 0.4) is 0 Å². The van der Waals surface area contributed by atoms with Gasteiger partial charge in [-0.05, 0) is 26.0 Å². The van der Waals surface area contributed by atoms with Gasteiger partial charge in [-0.2, -0.15) is 0 Å². The van der Waals surface area contributed by atoms with Gasteiger partial charge in [0.2, 0.25) is 5.88 Å². The van der Waals surface area contributed by atoms with Gasteiger partial charge < -0.3 is 15.2 Å². The highest BCUT2D eigenvalue weighted by Crippen LogP contribution is 2.27. The van der Waals surface area contributed by atoms with Gasteiger partial charge in [0.15, 0.2) is 0 Å². The maximum Gasteiger partial charge on any atom is 0.324 e. The number of rotatable bonds is 3. The Morgan fingerprint density at radius 3 is 2.71 bits per heavy atom. The molecule has 0 atom stereocenters. The fourth-order valence-corrected chi connectivity index (χ4v) is 2.53. The van der Waals surface area contributed by atoms with Crippen molar-refractivity contribution >= 4 is 17.6 Å². The number of nitrogens with two attached hydrogens (primary N) is 1. The number of nitrogen functional groups attached to an aromatic ring is 1. The number of aromatic nitrogens is 1. The third-order valence-corrected chi connectivity index (χ3v) is 3.65. The first-order chi connectivity index (χ1) is 10.1. The van der Waals surface area contributed by atoms with E-state index in [0.717, 1.165) is 17.8 Å². The Labute approximate surface area is 123 Å². The van der Waals surface area contributed by atoms with Crippen molar-refractivity contribution in [3.8, 4) is 11.3 Å². The number of nitrogens with zero attached hydrogens (tertiary/aromatic N) is 3. The lowest BCUT2D eigenvalue weighted by atomic mass is 10.1. The summed E-state index contributed by atoms with van der Waals surface area (Å²) in [7, 11) is 0. The zero-order valence-electron chi connectivity index (χ0n) is 12.1. The van der Waals surface area contributed by atoms with Crippen molar-refractivity contribution in [2.24, 2.45) is 0 Å². The number of carbonyl (C=O) groups excluding carboxylic acids is 1. The van der Waals surface area contributed by atoms with E-state index in [1.54, 1.807) is 11.0 Å². The second kappa shape index (κ2) is 5.12. The summed E-state index contributed by atoms with van der Waals surface area (Å²) < 4.78 is 4.89. The lowest BCUT2D eigenvalue weighted by Gasteiger charge is -2.22. The molecule has 0 saturated carbocycles. The number of hydrogen-bond donors (Lipinski definition) is 1. The maximum absolute atomic E-state index is 12.4. The molecule has 1 fully saturated rings. The number of carbonyl (C=O) groups is 1. The summed E-state index contributed by atoms with van der Waals surface area (Å²) in [5.74, 6) is 0.277. The van der Waals surface area contributed by atoms with Gasteiger partial charge in [-0.3, -0.25) is 4.90 Å². The van der Waals surface area contributed by atoms with Crippen LogP contribution in [0.1, 0.15) is 13.8 Å². The summed E-state index contributed by atoms with van der Waals surface area (Å²) in [6.07, 6.45) is 0. The first-order valence-electron chi connectivity index (χ1n) is 6.97. The highest BCUT2D eigenvalue weighted by atomic mass is 16.5. The molecule has 1 aromatic carbocycles. The van der Waals surface area contributed by atoms with Gasteiger partial charge in [-0.1, -0.05) is 17.3 Å². The minimum absolute atomic E-state index is 0.0433. The van der Waals surface area contributed by atoms with E-state index in [1.807, 2.05) is 43.0 Å². The molecule has 1 aromatic heterocycles. The van der Waals surface area contributed by atoms with Crippen molar-refractivity contribution in [2.75, 3.05) is 23.7 Å². The maximum atomic E-state index is 12.4. The largest absolute Gasteiger partial charge is 0.368 e. The zero-order chi connectivity index (χ0) is 15.0. The van der Waals surface area contributed by atoms with Crippen molar-refractivity contribution in [3.63, 3.8) is 0 Å². The number of hydrogen-bond acceptors (Lipinski definition) is 4. The summed E-state index contributed by atoms with van der Waals surface area (Å²) >= 11 is 0. The molecule has 6 heteroatoms. The minimum Gasteiger partial charge on any atom is -0.368 e. The molecular weight excluding hydrogens is 268 g/mol. The van der Waals surface area contributed by atoms with Crippen molar-refractivity contribution in [1.29, 1.82) is 0 Å². The Morgan fingerprint density at radius 2 is 2.10 bits per heavy atom. The van der Waals surface area contributed by atoms with E-state index in [1.165, 1.54) is 0 Å². The molecule has 0 radical (unpaired) electrons. The van der Waals surface area contributed by atoms with Gasteiger partial charge in [-0.15, -0.1) is 0 Å². The van der Waals surface area contributed by atoms with Gasteiger partial charge in [-0.25, -0.2) is 4.79 Å². The molecule has 2 N–H and O–H groups in total. The third-order valence-electron chi connectivity index (χ3n) is 3.65. The number of amides is 2. The highest BCUT2D eigenvalue weighted by molar-refractivity contribution is 5.94.